The summed E-state index contributed by atoms with van der Waals surface area (Å²) in [5, 5.41) is 20.5. The molecule has 150 valence electrons. The van der Waals surface area contributed by atoms with E-state index in [-0.39, 0.29) is 17.0 Å². The zero-order chi connectivity index (χ0) is 21.1. The minimum absolute atomic E-state index is 0.0950. The lowest BCUT2D eigenvalue weighted by molar-refractivity contribution is -0.385. The third kappa shape index (κ3) is 3.70. The molecule has 4 rings (SSSR count). The summed E-state index contributed by atoms with van der Waals surface area (Å²) in [5.41, 5.74) is 0.946. The average Bonchev–Trinajstić information content (AvgIpc) is 3.20. The zero-order valence-electron chi connectivity index (χ0n) is 16.1. The number of nitrogens with zero attached hydrogens (tertiary/aromatic N) is 3. The second-order valence-corrected chi connectivity index (χ2v) is 6.61. The maximum Gasteiger partial charge on any atom is 0.311 e. The van der Waals surface area contributed by atoms with Crippen molar-refractivity contribution >= 4 is 28.2 Å². The van der Waals surface area contributed by atoms with Gasteiger partial charge in [-0.05, 0) is 28.5 Å². The number of ether oxygens (including phenoxy) is 1. The molecule has 0 aliphatic carbocycles. The second kappa shape index (κ2) is 8.04. The Labute approximate surface area is 171 Å². The number of anilines is 1. The molecular weight excluding hydrogens is 384 g/mol. The van der Waals surface area contributed by atoms with Crippen molar-refractivity contribution in [2.45, 2.75) is 6.54 Å². The first-order chi connectivity index (χ1) is 14.6. The number of carbonyl (C=O) groups is 1. The van der Waals surface area contributed by atoms with Crippen LogP contribution >= 0.6 is 0 Å². The maximum atomic E-state index is 12.7. The summed E-state index contributed by atoms with van der Waals surface area (Å²) in [6, 6.07) is 19.9. The standard InChI is InChI=1S/C22H18N4O4/c1-30-20-10-9-16(13-19(20)26(28)29)22(27)24-21-11-12-23-25(21)14-17-7-4-6-15-5-2-3-8-18(15)17/h2-13H,14H2,1H3,(H,24,27). The summed E-state index contributed by atoms with van der Waals surface area (Å²) in [4.78, 5) is 23.3. The van der Waals surface area contributed by atoms with Gasteiger partial charge in [-0.15, -0.1) is 0 Å². The summed E-state index contributed by atoms with van der Waals surface area (Å²) >= 11 is 0. The van der Waals surface area contributed by atoms with Gasteiger partial charge in [0.2, 0.25) is 0 Å². The SMILES string of the molecule is COc1ccc(C(=O)Nc2ccnn2Cc2cccc3ccccc23)cc1[N+](=O)[O-]. The van der Waals surface area contributed by atoms with E-state index in [1.54, 1.807) is 16.9 Å². The van der Waals surface area contributed by atoms with Gasteiger partial charge in [0.25, 0.3) is 5.91 Å². The molecule has 3 aromatic carbocycles. The quantitative estimate of drug-likeness (QED) is 0.384. The molecule has 0 fully saturated rings. The Kier molecular flexibility index (Phi) is 5.13. The third-order valence-electron chi connectivity index (χ3n) is 4.80. The minimum Gasteiger partial charge on any atom is -0.490 e. The average molecular weight is 402 g/mol. The van der Waals surface area contributed by atoms with Crippen LogP contribution in [0.5, 0.6) is 5.75 Å². The molecule has 0 radical (unpaired) electrons. The number of fused-ring (bicyclic) bond motifs is 1. The van der Waals surface area contributed by atoms with E-state index < -0.39 is 10.8 Å². The van der Waals surface area contributed by atoms with Gasteiger partial charge in [-0.25, -0.2) is 4.68 Å². The lowest BCUT2D eigenvalue weighted by atomic mass is 10.0. The van der Waals surface area contributed by atoms with E-state index in [1.807, 2.05) is 42.5 Å². The van der Waals surface area contributed by atoms with Crippen molar-refractivity contribution in [3.8, 4) is 5.75 Å². The van der Waals surface area contributed by atoms with Gasteiger partial charge >= 0.3 is 5.69 Å². The van der Waals surface area contributed by atoms with E-state index in [9.17, 15) is 14.9 Å². The molecule has 30 heavy (non-hydrogen) atoms. The van der Waals surface area contributed by atoms with Gasteiger partial charge in [0.1, 0.15) is 5.82 Å². The highest BCUT2D eigenvalue weighted by atomic mass is 16.6. The highest BCUT2D eigenvalue weighted by Crippen LogP contribution is 2.28. The molecule has 0 saturated carbocycles. The molecule has 0 aliphatic rings. The highest BCUT2D eigenvalue weighted by Gasteiger charge is 2.19. The van der Waals surface area contributed by atoms with Crippen molar-refractivity contribution in [2.75, 3.05) is 12.4 Å². The van der Waals surface area contributed by atoms with Gasteiger partial charge < -0.3 is 10.1 Å². The Morgan fingerprint density at radius 2 is 1.93 bits per heavy atom. The van der Waals surface area contributed by atoms with Crippen molar-refractivity contribution in [3.05, 3.63) is 94.2 Å². The number of aromatic nitrogens is 2. The number of hydrogen-bond donors (Lipinski definition) is 1. The van der Waals surface area contributed by atoms with Crippen LogP contribution in [0.15, 0.2) is 72.9 Å². The van der Waals surface area contributed by atoms with Crippen molar-refractivity contribution in [3.63, 3.8) is 0 Å². The molecule has 1 amide bonds. The highest BCUT2D eigenvalue weighted by molar-refractivity contribution is 6.04. The van der Waals surface area contributed by atoms with Crippen molar-refractivity contribution in [1.29, 1.82) is 0 Å². The van der Waals surface area contributed by atoms with E-state index in [1.165, 1.54) is 25.3 Å². The molecule has 4 aromatic rings. The fourth-order valence-corrected chi connectivity index (χ4v) is 3.32. The van der Waals surface area contributed by atoms with Crippen LogP contribution in [0.1, 0.15) is 15.9 Å². The molecule has 0 aliphatic heterocycles. The third-order valence-corrected chi connectivity index (χ3v) is 4.80. The predicted octanol–water partition coefficient (Wildman–Crippen LogP) is 4.25. The molecule has 1 heterocycles. The molecule has 1 aromatic heterocycles. The van der Waals surface area contributed by atoms with Gasteiger partial charge in [-0.3, -0.25) is 14.9 Å². The first-order valence-corrected chi connectivity index (χ1v) is 9.19. The van der Waals surface area contributed by atoms with Crippen LogP contribution in [0.2, 0.25) is 0 Å². The second-order valence-electron chi connectivity index (χ2n) is 6.61. The monoisotopic (exact) mass is 402 g/mol. The van der Waals surface area contributed by atoms with Crippen molar-refractivity contribution in [2.24, 2.45) is 0 Å². The number of benzene rings is 3. The van der Waals surface area contributed by atoms with Crippen LogP contribution in [0.4, 0.5) is 11.5 Å². The van der Waals surface area contributed by atoms with Crippen LogP contribution in [0.3, 0.4) is 0 Å². The first kappa shape index (κ1) is 19.1. The number of hydrogen-bond acceptors (Lipinski definition) is 5. The fraction of sp³-hybridized carbons (Fsp3) is 0.0909. The molecule has 8 heteroatoms. The molecule has 0 bridgehead atoms. The van der Waals surface area contributed by atoms with E-state index in [0.717, 1.165) is 16.3 Å². The van der Waals surface area contributed by atoms with Crippen LogP contribution in [-0.4, -0.2) is 27.7 Å². The van der Waals surface area contributed by atoms with Crippen LogP contribution < -0.4 is 10.1 Å². The summed E-state index contributed by atoms with van der Waals surface area (Å²) in [7, 11) is 1.34. The number of nitrogens with one attached hydrogen (secondary N) is 1. The van der Waals surface area contributed by atoms with Crippen LogP contribution in [0.25, 0.3) is 10.8 Å². The zero-order valence-corrected chi connectivity index (χ0v) is 16.1. The number of amides is 1. The number of carbonyl (C=O) groups excluding carboxylic acids is 1. The summed E-state index contributed by atoms with van der Waals surface area (Å²) < 4.78 is 6.66. The van der Waals surface area contributed by atoms with Crippen LogP contribution in [0, 0.1) is 10.1 Å². The first-order valence-electron chi connectivity index (χ1n) is 9.19. The number of rotatable bonds is 6. The summed E-state index contributed by atoms with van der Waals surface area (Å²) in [5.74, 6) is 0.115. The molecule has 1 N–H and O–H groups in total. The Hall–Kier alpha value is -4.20. The van der Waals surface area contributed by atoms with Crippen molar-refractivity contribution < 1.29 is 14.5 Å². The molecule has 0 atom stereocenters. The Morgan fingerprint density at radius 1 is 1.13 bits per heavy atom. The molecule has 8 nitrogen and oxygen atoms in total. The molecule has 0 unspecified atom stereocenters. The normalized spacial score (nSPS) is 10.7. The maximum absolute atomic E-state index is 12.7. The minimum atomic E-state index is -0.583. The van der Waals surface area contributed by atoms with Gasteiger partial charge in [-0.2, -0.15) is 5.10 Å². The van der Waals surface area contributed by atoms with E-state index >= 15 is 0 Å². The van der Waals surface area contributed by atoms with E-state index in [4.69, 9.17) is 4.74 Å². The lowest BCUT2D eigenvalue weighted by Crippen LogP contribution is -2.16. The Morgan fingerprint density at radius 3 is 2.73 bits per heavy atom. The smallest absolute Gasteiger partial charge is 0.311 e. The van der Waals surface area contributed by atoms with E-state index in [2.05, 4.69) is 10.4 Å². The lowest BCUT2D eigenvalue weighted by Gasteiger charge is -2.11. The molecule has 0 spiro atoms. The molecule has 0 saturated heterocycles. The summed E-state index contributed by atoms with van der Waals surface area (Å²) in [6.45, 7) is 0.465. The van der Waals surface area contributed by atoms with E-state index in [0.29, 0.717) is 12.4 Å². The van der Waals surface area contributed by atoms with Gasteiger partial charge in [0.15, 0.2) is 5.75 Å². The topological polar surface area (TPSA) is 99.3 Å². The van der Waals surface area contributed by atoms with Crippen LogP contribution in [-0.2, 0) is 6.54 Å². The van der Waals surface area contributed by atoms with Gasteiger partial charge in [0.05, 0.1) is 24.8 Å². The fourth-order valence-electron chi connectivity index (χ4n) is 3.32. The number of nitro benzene ring substituents is 1. The number of methoxy groups -OCH3 is 1. The van der Waals surface area contributed by atoms with Crippen molar-refractivity contribution in [1.82, 2.24) is 9.78 Å². The van der Waals surface area contributed by atoms with Gasteiger partial charge in [-0.1, -0.05) is 42.5 Å². The molecular formula is C22H18N4O4. The Bertz CT molecular complexity index is 1240. The van der Waals surface area contributed by atoms with Gasteiger partial charge in [0, 0.05) is 17.7 Å². The Balaban J connectivity index is 1.59. The largest absolute Gasteiger partial charge is 0.490 e. The summed E-state index contributed by atoms with van der Waals surface area (Å²) in [6.07, 6.45) is 1.59. The number of nitro groups is 1. The predicted molar refractivity (Wildman–Crippen MR) is 113 cm³/mol.